The van der Waals surface area contributed by atoms with Gasteiger partial charge in [0.1, 0.15) is 29.2 Å². The zero-order chi connectivity index (χ0) is 29.4. The predicted molar refractivity (Wildman–Crippen MR) is 152 cm³/mol. The van der Waals surface area contributed by atoms with Crippen LogP contribution in [0, 0.1) is 33.9 Å². The Balaban J connectivity index is 1.61. The van der Waals surface area contributed by atoms with Gasteiger partial charge in [0.25, 0.3) is 0 Å². The summed E-state index contributed by atoms with van der Waals surface area (Å²) in [5.41, 5.74) is 8.20. The van der Waals surface area contributed by atoms with E-state index in [-0.39, 0.29) is 11.2 Å². The maximum absolute atomic E-state index is 13.8. The lowest BCUT2D eigenvalue weighted by Crippen LogP contribution is -2.51. The molecule has 0 radical (unpaired) electrons. The van der Waals surface area contributed by atoms with Gasteiger partial charge in [-0.15, -0.1) is 5.10 Å². The highest BCUT2D eigenvalue weighted by molar-refractivity contribution is 5.99. The highest BCUT2D eigenvalue weighted by Gasteiger charge is 2.46. The number of primary amides is 1. The lowest BCUT2D eigenvalue weighted by atomic mass is 9.76. The quantitative estimate of drug-likeness (QED) is 0.283. The SMILES string of the molecule is CC(C)(C)CNc1c(C#N)cnc2c(C#N)cc(N[C@@H](c3ccc(F)cc3)c3cn(C4(C(N)=O)CCC4)nn3)cc12. The Morgan fingerprint density at radius 3 is 2.46 bits per heavy atom. The molecule has 1 amide bonds. The van der Waals surface area contributed by atoms with Gasteiger partial charge in [0.15, 0.2) is 0 Å². The normalized spacial score (nSPS) is 14.9. The molecule has 0 spiro atoms. The molecule has 0 unspecified atom stereocenters. The monoisotopic (exact) mass is 551 g/mol. The molecule has 2 heterocycles. The fourth-order valence-corrected chi connectivity index (χ4v) is 4.97. The summed E-state index contributed by atoms with van der Waals surface area (Å²) in [5, 5.41) is 35.8. The average molecular weight is 552 g/mol. The van der Waals surface area contributed by atoms with E-state index in [9.17, 15) is 19.7 Å². The summed E-state index contributed by atoms with van der Waals surface area (Å²) in [7, 11) is 0. The zero-order valence-corrected chi connectivity index (χ0v) is 23.1. The van der Waals surface area contributed by atoms with Crippen LogP contribution in [0.25, 0.3) is 10.9 Å². The van der Waals surface area contributed by atoms with Crippen molar-refractivity contribution in [3.05, 3.63) is 77.0 Å². The molecule has 2 aromatic heterocycles. The van der Waals surface area contributed by atoms with Gasteiger partial charge in [-0.05, 0) is 54.5 Å². The molecule has 1 aliphatic rings. The maximum atomic E-state index is 13.8. The summed E-state index contributed by atoms with van der Waals surface area (Å²) in [6, 6.07) is 13.3. The number of nitrogens with two attached hydrogens (primary N) is 1. The van der Waals surface area contributed by atoms with Crippen molar-refractivity contribution in [2.75, 3.05) is 17.2 Å². The minimum Gasteiger partial charge on any atom is -0.383 e. The second-order valence-electron chi connectivity index (χ2n) is 11.6. The summed E-state index contributed by atoms with van der Waals surface area (Å²) in [5.74, 6) is -0.851. The number of pyridine rings is 1. The number of nitrogens with zero attached hydrogens (tertiary/aromatic N) is 6. The topological polar surface area (TPSA) is 158 Å². The van der Waals surface area contributed by atoms with Crippen LogP contribution in [0.2, 0.25) is 0 Å². The van der Waals surface area contributed by atoms with Crippen molar-refractivity contribution in [3.63, 3.8) is 0 Å². The Kier molecular flexibility index (Phi) is 7.06. The van der Waals surface area contributed by atoms with Crippen molar-refractivity contribution in [3.8, 4) is 12.1 Å². The maximum Gasteiger partial charge on any atom is 0.245 e. The van der Waals surface area contributed by atoms with Crippen molar-refractivity contribution in [1.29, 1.82) is 10.5 Å². The molecular weight excluding hydrogens is 521 g/mol. The Morgan fingerprint density at radius 1 is 1.17 bits per heavy atom. The number of benzene rings is 2. The minimum absolute atomic E-state index is 0.0710. The number of carbonyl (C=O) groups is 1. The summed E-state index contributed by atoms with van der Waals surface area (Å²) in [6.45, 7) is 6.82. The molecule has 5 rings (SSSR count). The number of aromatic nitrogens is 4. The zero-order valence-electron chi connectivity index (χ0n) is 23.1. The summed E-state index contributed by atoms with van der Waals surface area (Å²) < 4.78 is 15.4. The Morgan fingerprint density at radius 2 is 1.88 bits per heavy atom. The fraction of sp³-hybridized carbons (Fsp3) is 0.333. The lowest BCUT2D eigenvalue weighted by Gasteiger charge is -2.38. The van der Waals surface area contributed by atoms with E-state index < -0.39 is 17.5 Å². The standard InChI is InChI=1S/C30H30FN9O/c1-29(2,3)17-36-26-20(14-33)15-35-25-19(13-32)11-22(12-23(25)26)37-27(18-5-7-21(31)8-6-18)24-16-40(39-38-24)30(28(34)41)9-4-10-30/h5-8,11-12,15-16,27,37H,4,9-10,17H2,1-3H3,(H2,34,41)(H,35,36)/t27-/m0/s1. The second kappa shape index (κ2) is 10.5. The second-order valence-corrected chi connectivity index (χ2v) is 11.6. The third-order valence-electron chi connectivity index (χ3n) is 7.41. The molecule has 1 aliphatic carbocycles. The predicted octanol–water partition coefficient (Wildman–Crippen LogP) is 4.73. The Labute approximate surface area is 237 Å². The number of nitrogens with one attached hydrogen (secondary N) is 2. The average Bonchev–Trinajstić information content (AvgIpc) is 3.38. The molecule has 2 aromatic carbocycles. The first-order chi connectivity index (χ1) is 19.5. The molecule has 11 heteroatoms. The van der Waals surface area contributed by atoms with E-state index in [0.717, 1.165) is 6.42 Å². The largest absolute Gasteiger partial charge is 0.383 e. The summed E-state index contributed by atoms with van der Waals surface area (Å²) in [6.07, 6.45) is 5.16. The van der Waals surface area contributed by atoms with Crippen molar-refractivity contribution < 1.29 is 9.18 Å². The first kappa shape index (κ1) is 27.5. The third kappa shape index (κ3) is 5.27. The molecule has 208 valence electrons. The van der Waals surface area contributed by atoms with Gasteiger partial charge >= 0.3 is 0 Å². The highest BCUT2D eigenvalue weighted by atomic mass is 19.1. The number of hydrogen-bond acceptors (Lipinski definition) is 8. The molecule has 0 aliphatic heterocycles. The van der Waals surface area contributed by atoms with Crippen molar-refractivity contribution in [1.82, 2.24) is 20.0 Å². The number of carbonyl (C=O) groups excluding carboxylic acids is 1. The van der Waals surface area contributed by atoms with Crippen LogP contribution in [0.15, 0.2) is 48.8 Å². The molecule has 1 atom stereocenters. The number of amides is 1. The molecule has 1 fully saturated rings. The van der Waals surface area contributed by atoms with Crippen LogP contribution in [0.4, 0.5) is 15.8 Å². The van der Waals surface area contributed by atoms with E-state index in [2.05, 4.69) is 58.8 Å². The van der Waals surface area contributed by atoms with Crippen molar-refractivity contribution in [2.24, 2.45) is 11.1 Å². The van der Waals surface area contributed by atoms with Gasteiger partial charge in [0, 0.05) is 23.8 Å². The number of rotatable bonds is 8. The van der Waals surface area contributed by atoms with E-state index in [0.29, 0.717) is 64.0 Å². The first-order valence-corrected chi connectivity index (χ1v) is 13.3. The van der Waals surface area contributed by atoms with E-state index in [1.165, 1.54) is 23.0 Å². The van der Waals surface area contributed by atoms with Crippen LogP contribution in [0.3, 0.4) is 0 Å². The van der Waals surface area contributed by atoms with Crippen LogP contribution >= 0.6 is 0 Å². The summed E-state index contributed by atoms with van der Waals surface area (Å²) >= 11 is 0. The fourth-order valence-electron chi connectivity index (χ4n) is 4.97. The van der Waals surface area contributed by atoms with Gasteiger partial charge in [-0.3, -0.25) is 9.78 Å². The molecule has 1 saturated carbocycles. The number of anilines is 2. The van der Waals surface area contributed by atoms with Gasteiger partial charge < -0.3 is 16.4 Å². The van der Waals surface area contributed by atoms with Crippen molar-refractivity contribution >= 4 is 28.2 Å². The molecule has 0 bridgehead atoms. The van der Waals surface area contributed by atoms with Gasteiger partial charge in [-0.25, -0.2) is 9.07 Å². The van der Waals surface area contributed by atoms with E-state index in [1.54, 1.807) is 24.4 Å². The molecule has 10 nitrogen and oxygen atoms in total. The Hall–Kier alpha value is -5.03. The van der Waals surface area contributed by atoms with Crippen LogP contribution in [-0.2, 0) is 10.3 Å². The number of hydrogen-bond donors (Lipinski definition) is 3. The van der Waals surface area contributed by atoms with Crippen LogP contribution in [0.1, 0.15) is 68.5 Å². The summed E-state index contributed by atoms with van der Waals surface area (Å²) in [4.78, 5) is 16.7. The van der Waals surface area contributed by atoms with Crippen LogP contribution in [-0.4, -0.2) is 32.4 Å². The Bertz CT molecular complexity index is 1700. The molecular formula is C30H30FN9O. The van der Waals surface area contributed by atoms with Crippen LogP contribution in [0.5, 0.6) is 0 Å². The van der Waals surface area contributed by atoms with Gasteiger partial charge in [-0.2, -0.15) is 10.5 Å². The van der Waals surface area contributed by atoms with E-state index in [4.69, 9.17) is 5.73 Å². The molecule has 0 saturated heterocycles. The van der Waals surface area contributed by atoms with Gasteiger partial charge in [0.2, 0.25) is 5.91 Å². The van der Waals surface area contributed by atoms with Crippen molar-refractivity contribution in [2.45, 2.75) is 51.6 Å². The number of fused-ring (bicyclic) bond motifs is 1. The van der Waals surface area contributed by atoms with Gasteiger partial charge in [-0.1, -0.05) is 38.1 Å². The van der Waals surface area contributed by atoms with Crippen LogP contribution < -0.4 is 16.4 Å². The molecule has 41 heavy (non-hydrogen) atoms. The third-order valence-corrected chi connectivity index (χ3v) is 7.41. The lowest BCUT2D eigenvalue weighted by molar-refractivity contribution is -0.131. The van der Waals surface area contributed by atoms with E-state index in [1.807, 2.05) is 6.07 Å². The first-order valence-electron chi connectivity index (χ1n) is 13.3. The highest BCUT2D eigenvalue weighted by Crippen LogP contribution is 2.39. The number of nitriles is 2. The van der Waals surface area contributed by atoms with E-state index >= 15 is 0 Å². The molecule has 4 aromatic rings. The van der Waals surface area contributed by atoms with Gasteiger partial charge in [0.05, 0.1) is 34.6 Å². The smallest absolute Gasteiger partial charge is 0.245 e. The number of halogens is 1. The minimum atomic E-state index is -0.914. The molecule has 4 N–H and O–H groups in total.